The smallest absolute Gasteiger partial charge is 0.309 e. The molecule has 1 N–H and O–H groups in total. The summed E-state index contributed by atoms with van der Waals surface area (Å²) in [6.45, 7) is 6.43. The summed E-state index contributed by atoms with van der Waals surface area (Å²) < 4.78 is 5.01. The van der Waals surface area contributed by atoms with Crippen molar-refractivity contribution >= 4 is 5.97 Å². The van der Waals surface area contributed by atoms with E-state index in [-0.39, 0.29) is 17.3 Å². The SMILES string of the molecule is COC(=O)[C@H]1CC[C@@H](C(C)C)[C@@]12CC=C(C)[C@@H](O)C2. The van der Waals surface area contributed by atoms with Gasteiger partial charge in [-0.05, 0) is 55.4 Å². The number of ether oxygens (including phenoxy) is 1. The average molecular weight is 266 g/mol. The van der Waals surface area contributed by atoms with Crippen LogP contribution in [0.5, 0.6) is 0 Å². The molecule has 1 spiro atoms. The van der Waals surface area contributed by atoms with Crippen LogP contribution in [0.15, 0.2) is 11.6 Å². The van der Waals surface area contributed by atoms with Crippen LogP contribution < -0.4 is 0 Å². The largest absolute Gasteiger partial charge is 0.469 e. The van der Waals surface area contributed by atoms with Crippen molar-refractivity contribution < 1.29 is 14.6 Å². The summed E-state index contributed by atoms with van der Waals surface area (Å²) in [4.78, 5) is 12.1. The Hall–Kier alpha value is -0.830. The zero-order valence-corrected chi connectivity index (χ0v) is 12.5. The van der Waals surface area contributed by atoms with Crippen molar-refractivity contribution in [2.75, 3.05) is 7.11 Å². The number of esters is 1. The Morgan fingerprint density at radius 2 is 2.16 bits per heavy atom. The monoisotopic (exact) mass is 266 g/mol. The van der Waals surface area contributed by atoms with Crippen LogP contribution in [0, 0.1) is 23.2 Å². The van der Waals surface area contributed by atoms with Gasteiger partial charge in [-0.3, -0.25) is 4.79 Å². The van der Waals surface area contributed by atoms with Crippen molar-refractivity contribution in [3.05, 3.63) is 11.6 Å². The Labute approximate surface area is 116 Å². The summed E-state index contributed by atoms with van der Waals surface area (Å²) in [6.07, 6.45) is 5.30. The summed E-state index contributed by atoms with van der Waals surface area (Å²) in [5, 5.41) is 10.3. The van der Waals surface area contributed by atoms with Crippen LogP contribution in [0.4, 0.5) is 0 Å². The van der Waals surface area contributed by atoms with E-state index < -0.39 is 6.10 Å². The van der Waals surface area contributed by atoms with E-state index in [0.717, 1.165) is 24.8 Å². The van der Waals surface area contributed by atoms with E-state index in [1.165, 1.54) is 7.11 Å². The molecule has 0 heterocycles. The third-order valence-electron chi connectivity index (χ3n) is 5.39. The van der Waals surface area contributed by atoms with Crippen molar-refractivity contribution in [2.45, 2.75) is 52.6 Å². The number of carbonyl (C=O) groups is 1. The van der Waals surface area contributed by atoms with E-state index in [4.69, 9.17) is 4.74 Å². The van der Waals surface area contributed by atoms with Crippen LogP contribution in [-0.2, 0) is 9.53 Å². The molecule has 19 heavy (non-hydrogen) atoms. The number of aliphatic hydroxyl groups excluding tert-OH is 1. The van der Waals surface area contributed by atoms with Crippen LogP contribution in [0.1, 0.15) is 46.5 Å². The second-order valence-electron chi connectivity index (χ2n) is 6.61. The van der Waals surface area contributed by atoms with Gasteiger partial charge in [-0.15, -0.1) is 0 Å². The van der Waals surface area contributed by atoms with Crippen LogP contribution in [0.2, 0.25) is 0 Å². The van der Waals surface area contributed by atoms with E-state index in [1.54, 1.807) is 0 Å². The zero-order valence-electron chi connectivity index (χ0n) is 12.5. The molecule has 0 aromatic carbocycles. The highest BCUT2D eigenvalue weighted by molar-refractivity contribution is 5.74. The minimum Gasteiger partial charge on any atom is -0.469 e. The zero-order chi connectivity index (χ0) is 14.2. The average Bonchev–Trinajstić information content (AvgIpc) is 2.72. The van der Waals surface area contributed by atoms with E-state index in [0.29, 0.717) is 18.3 Å². The lowest BCUT2D eigenvalue weighted by atomic mass is 9.60. The summed E-state index contributed by atoms with van der Waals surface area (Å²) >= 11 is 0. The third-order valence-corrected chi connectivity index (χ3v) is 5.39. The van der Waals surface area contributed by atoms with Crippen LogP contribution >= 0.6 is 0 Å². The molecule has 2 rings (SSSR count). The molecule has 3 heteroatoms. The molecule has 1 fully saturated rings. The summed E-state index contributed by atoms with van der Waals surface area (Å²) in [7, 11) is 1.47. The minimum absolute atomic E-state index is 0.0519. The molecule has 2 aliphatic carbocycles. The predicted molar refractivity (Wildman–Crippen MR) is 74.5 cm³/mol. The van der Waals surface area contributed by atoms with Gasteiger partial charge in [-0.1, -0.05) is 19.9 Å². The van der Waals surface area contributed by atoms with E-state index in [1.807, 2.05) is 6.92 Å². The van der Waals surface area contributed by atoms with Crippen molar-refractivity contribution in [3.63, 3.8) is 0 Å². The van der Waals surface area contributed by atoms with Crippen molar-refractivity contribution in [1.29, 1.82) is 0 Å². The molecule has 0 amide bonds. The number of methoxy groups -OCH3 is 1. The van der Waals surface area contributed by atoms with Crippen molar-refractivity contribution in [3.8, 4) is 0 Å². The molecule has 0 aliphatic heterocycles. The lowest BCUT2D eigenvalue weighted by molar-refractivity contribution is -0.151. The fourth-order valence-corrected chi connectivity index (χ4v) is 4.35. The number of hydrogen-bond donors (Lipinski definition) is 1. The van der Waals surface area contributed by atoms with Gasteiger partial charge < -0.3 is 9.84 Å². The Balaban J connectivity index is 2.36. The highest BCUT2D eigenvalue weighted by Gasteiger charge is 2.55. The minimum atomic E-state index is -0.403. The maximum atomic E-state index is 12.1. The standard InChI is InChI=1S/C16H26O3/c1-10(2)12-5-6-13(15(18)19-4)16(12)8-7-11(3)14(17)9-16/h7,10,12-14,17H,5-6,8-9H2,1-4H3/t12-,13+,14-,16-/m0/s1. The first kappa shape index (κ1) is 14.6. The first-order valence-electron chi connectivity index (χ1n) is 7.35. The lowest BCUT2D eigenvalue weighted by Crippen LogP contribution is -2.43. The highest BCUT2D eigenvalue weighted by atomic mass is 16.5. The summed E-state index contributed by atoms with van der Waals surface area (Å²) in [5.74, 6) is 0.886. The molecular formula is C16H26O3. The quantitative estimate of drug-likeness (QED) is 0.617. The van der Waals surface area contributed by atoms with Gasteiger partial charge in [0.05, 0.1) is 19.1 Å². The van der Waals surface area contributed by atoms with Gasteiger partial charge in [0.15, 0.2) is 0 Å². The normalized spacial score (nSPS) is 38.6. The predicted octanol–water partition coefficient (Wildman–Crippen LogP) is 2.93. The van der Waals surface area contributed by atoms with Gasteiger partial charge in [0.2, 0.25) is 0 Å². The molecule has 0 bridgehead atoms. The number of hydrogen-bond acceptors (Lipinski definition) is 3. The Morgan fingerprint density at radius 1 is 1.47 bits per heavy atom. The second-order valence-corrected chi connectivity index (χ2v) is 6.61. The number of allylic oxidation sites excluding steroid dienone is 1. The molecule has 2 aliphatic rings. The van der Waals surface area contributed by atoms with Gasteiger partial charge in [0.1, 0.15) is 0 Å². The maximum Gasteiger partial charge on any atom is 0.309 e. The topological polar surface area (TPSA) is 46.5 Å². The molecule has 0 aromatic rings. The van der Waals surface area contributed by atoms with E-state index >= 15 is 0 Å². The van der Waals surface area contributed by atoms with E-state index in [2.05, 4.69) is 19.9 Å². The Kier molecular flexibility index (Phi) is 4.05. The maximum absolute atomic E-state index is 12.1. The molecule has 108 valence electrons. The van der Waals surface area contributed by atoms with Gasteiger partial charge in [-0.25, -0.2) is 0 Å². The molecular weight excluding hydrogens is 240 g/mol. The fraction of sp³-hybridized carbons (Fsp3) is 0.812. The van der Waals surface area contributed by atoms with E-state index in [9.17, 15) is 9.90 Å². The molecule has 3 nitrogen and oxygen atoms in total. The molecule has 4 atom stereocenters. The molecule has 1 saturated carbocycles. The Morgan fingerprint density at radius 3 is 2.68 bits per heavy atom. The van der Waals surface area contributed by atoms with Gasteiger partial charge in [-0.2, -0.15) is 0 Å². The Bertz CT molecular complexity index is 385. The van der Waals surface area contributed by atoms with Crippen molar-refractivity contribution in [1.82, 2.24) is 0 Å². The molecule has 0 radical (unpaired) electrons. The van der Waals surface area contributed by atoms with Crippen LogP contribution in [0.25, 0.3) is 0 Å². The fourth-order valence-electron chi connectivity index (χ4n) is 4.35. The summed E-state index contributed by atoms with van der Waals surface area (Å²) in [5.41, 5.74) is 0.948. The van der Waals surface area contributed by atoms with Gasteiger partial charge in [0.25, 0.3) is 0 Å². The first-order chi connectivity index (χ1) is 8.92. The number of aliphatic hydroxyl groups is 1. The van der Waals surface area contributed by atoms with Gasteiger partial charge >= 0.3 is 5.97 Å². The molecule has 0 unspecified atom stereocenters. The molecule has 0 aromatic heterocycles. The third kappa shape index (κ3) is 2.33. The van der Waals surface area contributed by atoms with Crippen LogP contribution in [-0.4, -0.2) is 24.3 Å². The number of rotatable bonds is 2. The second kappa shape index (κ2) is 5.28. The number of carbonyl (C=O) groups excluding carboxylic acids is 1. The first-order valence-corrected chi connectivity index (χ1v) is 7.35. The van der Waals surface area contributed by atoms with Gasteiger partial charge in [0, 0.05) is 0 Å². The lowest BCUT2D eigenvalue weighted by Gasteiger charge is -2.44. The summed E-state index contributed by atoms with van der Waals surface area (Å²) in [6, 6.07) is 0. The van der Waals surface area contributed by atoms with Crippen LogP contribution in [0.3, 0.4) is 0 Å². The highest BCUT2D eigenvalue weighted by Crippen LogP contribution is 2.58. The molecule has 0 saturated heterocycles. The van der Waals surface area contributed by atoms with Crippen molar-refractivity contribution in [2.24, 2.45) is 23.2 Å².